The van der Waals surface area contributed by atoms with E-state index in [1.807, 2.05) is 13.8 Å². The minimum atomic E-state index is -0.181. The smallest absolute Gasteiger partial charge is 0.314 e. The lowest BCUT2D eigenvalue weighted by atomic mass is 10.1. The Morgan fingerprint density at radius 1 is 1.40 bits per heavy atom. The molecule has 0 heterocycles. The van der Waals surface area contributed by atoms with E-state index in [1.165, 1.54) is 0 Å². The standard InChI is InChI=1S/C12H15ClO2/c1-3-4-9(2)12(14)15-11-7-5-10(13)6-8-11/h5-9H,3-4H2,1-2H3. The van der Waals surface area contributed by atoms with Crippen molar-refractivity contribution >= 4 is 17.6 Å². The van der Waals surface area contributed by atoms with Crippen LogP contribution in [0.4, 0.5) is 0 Å². The SMILES string of the molecule is CCCC(C)C(=O)Oc1ccc(Cl)cc1. The Kier molecular flexibility index (Phi) is 4.63. The van der Waals surface area contributed by atoms with Crippen LogP contribution in [0.25, 0.3) is 0 Å². The third-order valence-corrected chi connectivity index (χ3v) is 2.41. The maximum atomic E-state index is 11.5. The maximum absolute atomic E-state index is 11.5. The second kappa shape index (κ2) is 5.76. The number of carbonyl (C=O) groups excluding carboxylic acids is 1. The first-order valence-electron chi connectivity index (χ1n) is 5.10. The number of ether oxygens (including phenoxy) is 1. The van der Waals surface area contributed by atoms with Gasteiger partial charge >= 0.3 is 5.97 Å². The minimum absolute atomic E-state index is 0.0503. The van der Waals surface area contributed by atoms with Crippen molar-refractivity contribution < 1.29 is 9.53 Å². The van der Waals surface area contributed by atoms with Crippen molar-refractivity contribution in [3.8, 4) is 5.75 Å². The number of benzene rings is 1. The first-order chi connectivity index (χ1) is 7.13. The van der Waals surface area contributed by atoms with Crippen LogP contribution < -0.4 is 4.74 Å². The molecule has 1 rings (SSSR count). The van der Waals surface area contributed by atoms with Crippen LogP contribution in [-0.2, 0) is 4.79 Å². The van der Waals surface area contributed by atoms with Gasteiger partial charge in [-0.05, 0) is 30.7 Å². The summed E-state index contributed by atoms with van der Waals surface area (Å²) in [6, 6.07) is 6.79. The van der Waals surface area contributed by atoms with Gasteiger partial charge in [-0.1, -0.05) is 31.9 Å². The molecular formula is C12H15ClO2. The van der Waals surface area contributed by atoms with Crippen LogP contribution >= 0.6 is 11.6 Å². The lowest BCUT2D eigenvalue weighted by Gasteiger charge is -2.09. The van der Waals surface area contributed by atoms with Crippen molar-refractivity contribution in [2.75, 3.05) is 0 Å². The fourth-order valence-corrected chi connectivity index (χ4v) is 1.40. The third kappa shape index (κ3) is 3.92. The van der Waals surface area contributed by atoms with Crippen LogP contribution in [-0.4, -0.2) is 5.97 Å². The van der Waals surface area contributed by atoms with Gasteiger partial charge in [-0.2, -0.15) is 0 Å². The second-order valence-corrected chi connectivity index (χ2v) is 4.00. The summed E-state index contributed by atoms with van der Waals surface area (Å²) >= 11 is 5.72. The van der Waals surface area contributed by atoms with Gasteiger partial charge in [0.25, 0.3) is 0 Å². The zero-order chi connectivity index (χ0) is 11.3. The van der Waals surface area contributed by atoms with E-state index in [9.17, 15) is 4.79 Å². The summed E-state index contributed by atoms with van der Waals surface area (Å²) in [5, 5.41) is 0.636. The summed E-state index contributed by atoms with van der Waals surface area (Å²) in [4.78, 5) is 11.5. The quantitative estimate of drug-likeness (QED) is 0.578. The van der Waals surface area contributed by atoms with Gasteiger partial charge in [0.2, 0.25) is 0 Å². The van der Waals surface area contributed by atoms with Crippen molar-refractivity contribution in [1.29, 1.82) is 0 Å². The highest BCUT2D eigenvalue weighted by Gasteiger charge is 2.13. The first kappa shape index (κ1) is 12.1. The van der Waals surface area contributed by atoms with Gasteiger partial charge in [-0.15, -0.1) is 0 Å². The van der Waals surface area contributed by atoms with Crippen molar-refractivity contribution in [1.82, 2.24) is 0 Å². The molecule has 0 bridgehead atoms. The van der Waals surface area contributed by atoms with E-state index in [0.717, 1.165) is 12.8 Å². The van der Waals surface area contributed by atoms with Gasteiger partial charge in [0.15, 0.2) is 0 Å². The molecule has 0 radical (unpaired) electrons. The first-order valence-corrected chi connectivity index (χ1v) is 5.48. The van der Waals surface area contributed by atoms with Crippen LogP contribution in [0.1, 0.15) is 26.7 Å². The fourth-order valence-electron chi connectivity index (χ4n) is 1.27. The highest BCUT2D eigenvalue weighted by atomic mass is 35.5. The normalized spacial score (nSPS) is 12.2. The molecule has 0 aliphatic carbocycles. The molecule has 0 amide bonds. The van der Waals surface area contributed by atoms with E-state index in [1.54, 1.807) is 24.3 Å². The molecule has 1 aromatic carbocycles. The Morgan fingerprint density at radius 3 is 2.53 bits per heavy atom. The highest BCUT2D eigenvalue weighted by Crippen LogP contribution is 2.17. The minimum Gasteiger partial charge on any atom is -0.426 e. The van der Waals surface area contributed by atoms with E-state index in [2.05, 4.69) is 0 Å². The molecule has 0 aliphatic rings. The molecule has 0 aliphatic heterocycles. The average molecular weight is 227 g/mol. The van der Waals surface area contributed by atoms with E-state index < -0.39 is 0 Å². The maximum Gasteiger partial charge on any atom is 0.314 e. The molecule has 2 nitrogen and oxygen atoms in total. The van der Waals surface area contributed by atoms with Gasteiger partial charge in [-0.3, -0.25) is 4.79 Å². The summed E-state index contributed by atoms with van der Waals surface area (Å²) < 4.78 is 5.19. The summed E-state index contributed by atoms with van der Waals surface area (Å²) in [5.74, 6) is 0.317. The predicted molar refractivity (Wildman–Crippen MR) is 61.2 cm³/mol. The van der Waals surface area contributed by atoms with Crippen molar-refractivity contribution in [3.63, 3.8) is 0 Å². The van der Waals surface area contributed by atoms with E-state index in [4.69, 9.17) is 16.3 Å². The molecule has 1 unspecified atom stereocenters. The van der Waals surface area contributed by atoms with Crippen molar-refractivity contribution in [2.24, 2.45) is 5.92 Å². The lowest BCUT2D eigenvalue weighted by Crippen LogP contribution is -2.17. The third-order valence-electron chi connectivity index (χ3n) is 2.16. The molecule has 1 atom stereocenters. The molecule has 0 spiro atoms. The van der Waals surface area contributed by atoms with Crippen molar-refractivity contribution in [3.05, 3.63) is 29.3 Å². The fraction of sp³-hybridized carbons (Fsp3) is 0.417. The van der Waals surface area contributed by atoms with E-state index in [0.29, 0.717) is 10.8 Å². The Hall–Kier alpha value is -1.02. The van der Waals surface area contributed by atoms with Crippen LogP contribution in [0.2, 0.25) is 5.02 Å². The van der Waals surface area contributed by atoms with Gasteiger partial charge in [-0.25, -0.2) is 0 Å². The van der Waals surface area contributed by atoms with Crippen LogP contribution in [0.5, 0.6) is 5.75 Å². The second-order valence-electron chi connectivity index (χ2n) is 3.56. The zero-order valence-electron chi connectivity index (χ0n) is 9.00. The van der Waals surface area contributed by atoms with Gasteiger partial charge in [0.1, 0.15) is 5.75 Å². The Morgan fingerprint density at radius 2 is 2.00 bits per heavy atom. The Labute approximate surface area is 95.2 Å². The average Bonchev–Trinajstić information content (AvgIpc) is 2.22. The highest BCUT2D eigenvalue weighted by molar-refractivity contribution is 6.30. The Balaban J connectivity index is 2.54. The van der Waals surface area contributed by atoms with Gasteiger partial charge in [0, 0.05) is 5.02 Å². The van der Waals surface area contributed by atoms with Gasteiger partial charge < -0.3 is 4.74 Å². The lowest BCUT2D eigenvalue weighted by molar-refractivity contribution is -0.138. The molecule has 3 heteroatoms. The van der Waals surface area contributed by atoms with Crippen LogP contribution in [0, 0.1) is 5.92 Å². The molecule has 15 heavy (non-hydrogen) atoms. The van der Waals surface area contributed by atoms with Crippen molar-refractivity contribution in [2.45, 2.75) is 26.7 Å². The monoisotopic (exact) mass is 226 g/mol. The summed E-state index contributed by atoms with van der Waals surface area (Å²) in [6.07, 6.45) is 1.84. The van der Waals surface area contributed by atoms with Crippen LogP contribution in [0.3, 0.4) is 0 Å². The summed E-state index contributed by atoms with van der Waals surface area (Å²) in [6.45, 7) is 3.92. The predicted octanol–water partition coefficient (Wildman–Crippen LogP) is 3.68. The molecular weight excluding hydrogens is 212 g/mol. The number of carbonyl (C=O) groups is 1. The van der Waals surface area contributed by atoms with E-state index >= 15 is 0 Å². The number of hydrogen-bond donors (Lipinski definition) is 0. The molecule has 0 fully saturated rings. The number of rotatable bonds is 4. The Bertz CT molecular complexity index is 319. The topological polar surface area (TPSA) is 26.3 Å². The van der Waals surface area contributed by atoms with E-state index in [-0.39, 0.29) is 11.9 Å². The molecule has 0 aromatic heterocycles. The molecule has 1 aromatic rings. The summed E-state index contributed by atoms with van der Waals surface area (Å²) in [5.41, 5.74) is 0. The molecule has 82 valence electrons. The number of hydrogen-bond acceptors (Lipinski definition) is 2. The van der Waals surface area contributed by atoms with Crippen LogP contribution in [0.15, 0.2) is 24.3 Å². The number of halogens is 1. The zero-order valence-corrected chi connectivity index (χ0v) is 9.75. The largest absolute Gasteiger partial charge is 0.426 e. The molecule has 0 saturated heterocycles. The number of esters is 1. The molecule has 0 saturated carbocycles. The van der Waals surface area contributed by atoms with Gasteiger partial charge in [0.05, 0.1) is 5.92 Å². The molecule has 0 N–H and O–H groups in total. The summed E-state index contributed by atoms with van der Waals surface area (Å²) in [7, 11) is 0.